The van der Waals surface area contributed by atoms with Gasteiger partial charge in [-0.15, -0.1) is 0 Å². The summed E-state index contributed by atoms with van der Waals surface area (Å²) < 4.78 is 11.0. The first kappa shape index (κ1) is 19.0. The average Bonchev–Trinajstić information content (AvgIpc) is 2.63. The molecule has 25 heavy (non-hydrogen) atoms. The van der Waals surface area contributed by atoms with E-state index in [1.807, 2.05) is 55.7 Å². The number of benzene rings is 1. The summed E-state index contributed by atoms with van der Waals surface area (Å²) in [5, 5.41) is 5.52. The number of rotatable bonds is 9. The number of fused-ring (bicyclic) bond motifs is 1. The van der Waals surface area contributed by atoms with Crippen molar-refractivity contribution >= 4 is 39.7 Å². The van der Waals surface area contributed by atoms with Crippen LogP contribution in [0.5, 0.6) is 5.75 Å². The Kier molecular flexibility index (Phi) is 7.50. The van der Waals surface area contributed by atoms with E-state index in [-0.39, 0.29) is 0 Å². The Labute approximate surface area is 152 Å². The van der Waals surface area contributed by atoms with Gasteiger partial charge in [-0.3, -0.25) is 4.79 Å². The zero-order valence-corrected chi connectivity index (χ0v) is 15.4. The molecule has 0 atom stereocenters. The van der Waals surface area contributed by atoms with Crippen LogP contribution in [0.15, 0.2) is 41.8 Å². The first-order valence-corrected chi connectivity index (χ1v) is 8.82. The van der Waals surface area contributed by atoms with Gasteiger partial charge in [0.05, 0.1) is 17.8 Å². The van der Waals surface area contributed by atoms with E-state index in [0.29, 0.717) is 31.1 Å². The molecule has 1 aromatic heterocycles. The van der Waals surface area contributed by atoms with Gasteiger partial charge < -0.3 is 14.8 Å². The monoisotopic (exact) mass is 358 g/mol. The molecule has 0 fully saturated rings. The van der Waals surface area contributed by atoms with Crippen LogP contribution in [0.3, 0.4) is 0 Å². The molecule has 0 bridgehead atoms. The Hall–Kier alpha value is -2.31. The fourth-order valence-electron chi connectivity index (χ4n) is 2.25. The Bertz CT molecular complexity index is 788. The number of hydrogen-bond donors (Lipinski definition) is 1. The molecule has 132 valence electrons. The first-order chi connectivity index (χ1) is 12.2. The van der Waals surface area contributed by atoms with E-state index in [1.165, 1.54) is 0 Å². The number of hydrogen-bond acceptors (Lipinski definition) is 5. The first-order valence-electron chi connectivity index (χ1n) is 7.94. The molecule has 0 saturated heterocycles. The van der Waals surface area contributed by atoms with Crippen LogP contribution in [-0.4, -0.2) is 31.7 Å². The Balaban J connectivity index is 2.50. The average molecular weight is 358 g/mol. The molecule has 0 aliphatic rings. The largest absolute Gasteiger partial charge is 0.490 e. The van der Waals surface area contributed by atoms with Crippen LogP contribution in [0.1, 0.15) is 19.5 Å². The third-order valence-electron chi connectivity index (χ3n) is 3.39. The number of carbonyl (C=O) groups is 1. The van der Waals surface area contributed by atoms with E-state index < -0.39 is 0 Å². The van der Waals surface area contributed by atoms with Crippen molar-refractivity contribution < 1.29 is 14.3 Å². The molecule has 0 saturated carbocycles. The number of allylic oxidation sites excluding steroid dienone is 2. The predicted molar refractivity (Wildman–Crippen MR) is 105 cm³/mol. The van der Waals surface area contributed by atoms with Gasteiger partial charge in [0.1, 0.15) is 12.4 Å². The number of carbonyl (C=O) groups excluding carboxylic acids is 1. The van der Waals surface area contributed by atoms with Crippen LogP contribution in [0.2, 0.25) is 0 Å². The highest BCUT2D eigenvalue weighted by Crippen LogP contribution is 2.34. The summed E-state index contributed by atoms with van der Waals surface area (Å²) in [6, 6.07) is 7.48. The molecule has 6 heteroatoms. The number of nitrogens with zero attached hydrogens (tertiary/aromatic N) is 1. The fourth-order valence-corrected chi connectivity index (χ4v) is 2.90. The van der Waals surface area contributed by atoms with Crippen LogP contribution < -0.4 is 10.1 Å². The number of anilines is 1. The molecule has 2 rings (SSSR count). The zero-order valence-electron chi connectivity index (χ0n) is 14.6. The topological polar surface area (TPSA) is 60.5 Å². The van der Waals surface area contributed by atoms with Gasteiger partial charge in [0.25, 0.3) is 0 Å². The normalized spacial score (nSPS) is 11.9. The van der Waals surface area contributed by atoms with Crippen molar-refractivity contribution in [1.29, 1.82) is 0 Å². The van der Waals surface area contributed by atoms with Gasteiger partial charge >= 0.3 is 0 Å². The van der Waals surface area contributed by atoms with Gasteiger partial charge in [-0.2, -0.15) is 0 Å². The van der Waals surface area contributed by atoms with Crippen molar-refractivity contribution in [2.75, 3.05) is 25.6 Å². The summed E-state index contributed by atoms with van der Waals surface area (Å²) in [7, 11) is 1.64. The van der Waals surface area contributed by atoms with Crippen molar-refractivity contribution in [3.05, 3.63) is 47.5 Å². The summed E-state index contributed by atoms with van der Waals surface area (Å²) in [5.74, 6) is 0.715. The third-order valence-corrected chi connectivity index (χ3v) is 4.49. The molecular formula is C19H22N2O3S. The quantitative estimate of drug-likeness (QED) is 0.530. The lowest BCUT2D eigenvalue weighted by Crippen LogP contribution is -2.05. The summed E-state index contributed by atoms with van der Waals surface area (Å²) in [6.07, 6.45) is 4.67. The van der Waals surface area contributed by atoms with Crippen molar-refractivity contribution in [3.63, 3.8) is 0 Å². The van der Waals surface area contributed by atoms with E-state index in [0.717, 1.165) is 21.5 Å². The van der Waals surface area contributed by atoms with Crippen LogP contribution >= 0.6 is 11.8 Å². The molecule has 0 unspecified atom stereocenters. The second-order valence-electron chi connectivity index (χ2n) is 5.08. The summed E-state index contributed by atoms with van der Waals surface area (Å²) >= 11 is 1.61. The van der Waals surface area contributed by atoms with Crippen molar-refractivity contribution in [3.8, 4) is 5.75 Å². The SMILES string of the molecule is C/C=C\S/C(=C\C)c1cc(OCCOC)c2cc(NC=O)ccc2n1. The van der Waals surface area contributed by atoms with Crippen LogP contribution in [-0.2, 0) is 9.53 Å². The molecule has 1 N–H and O–H groups in total. The van der Waals surface area contributed by atoms with Crippen LogP contribution in [0.25, 0.3) is 15.8 Å². The summed E-state index contributed by atoms with van der Waals surface area (Å²) in [4.78, 5) is 16.5. The lowest BCUT2D eigenvalue weighted by molar-refractivity contribution is -0.105. The van der Waals surface area contributed by atoms with Gasteiger partial charge in [-0.25, -0.2) is 4.98 Å². The summed E-state index contributed by atoms with van der Waals surface area (Å²) in [5.41, 5.74) is 2.35. The Morgan fingerprint density at radius 1 is 1.28 bits per heavy atom. The number of pyridine rings is 1. The van der Waals surface area contributed by atoms with E-state index in [2.05, 4.69) is 5.32 Å². The number of amides is 1. The van der Waals surface area contributed by atoms with Crippen molar-refractivity contribution in [1.82, 2.24) is 4.98 Å². The van der Waals surface area contributed by atoms with Gasteiger partial charge in [0, 0.05) is 29.2 Å². The van der Waals surface area contributed by atoms with E-state index in [1.54, 1.807) is 18.9 Å². The second-order valence-corrected chi connectivity index (χ2v) is 6.03. The van der Waals surface area contributed by atoms with E-state index in [4.69, 9.17) is 14.5 Å². The van der Waals surface area contributed by atoms with Gasteiger partial charge in [-0.05, 0) is 37.5 Å². The molecule has 0 aliphatic heterocycles. The maximum atomic E-state index is 10.7. The number of ether oxygens (including phenoxy) is 2. The smallest absolute Gasteiger partial charge is 0.211 e. The molecule has 2 aromatic rings. The minimum atomic E-state index is 0.438. The third kappa shape index (κ3) is 5.08. The Morgan fingerprint density at radius 3 is 2.80 bits per heavy atom. The van der Waals surface area contributed by atoms with Crippen molar-refractivity contribution in [2.45, 2.75) is 13.8 Å². The maximum Gasteiger partial charge on any atom is 0.211 e. The summed E-state index contributed by atoms with van der Waals surface area (Å²) in [6.45, 7) is 4.90. The molecule has 1 heterocycles. The van der Waals surface area contributed by atoms with Crippen LogP contribution in [0, 0.1) is 0 Å². The zero-order chi connectivity index (χ0) is 18.1. The molecule has 1 aromatic carbocycles. The lowest BCUT2D eigenvalue weighted by Gasteiger charge is -2.13. The molecule has 0 aliphatic carbocycles. The van der Waals surface area contributed by atoms with Gasteiger partial charge in [-0.1, -0.05) is 23.9 Å². The van der Waals surface area contributed by atoms with E-state index in [9.17, 15) is 4.79 Å². The number of methoxy groups -OCH3 is 1. The number of nitrogens with one attached hydrogen (secondary N) is 1. The minimum Gasteiger partial charge on any atom is -0.490 e. The second kappa shape index (κ2) is 9.86. The fraction of sp³-hybridized carbons (Fsp3) is 0.263. The highest BCUT2D eigenvalue weighted by molar-refractivity contribution is 8.10. The molecular weight excluding hydrogens is 336 g/mol. The van der Waals surface area contributed by atoms with Crippen molar-refractivity contribution in [2.24, 2.45) is 0 Å². The molecule has 5 nitrogen and oxygen atoms in total. The predicted octanol–water partition coefficient (Wildman–Crippen LogP) is 4.46. The standard InChI is InChI=1S/C19H22N2O3S/c1-4-10-25-19(5-2)17-12-18(24-9-8-23-3)15-11-14(20-13-22)6-7-16(15)21-17/h4-7,10-13H,8-9H2,1-3H3,(H,20,22)/b10-4-,19-5-. The van der Waals surface area contributed by atoms with Crippen LogP contribution in [0.4, 0.5) is 5.69 Å². The van der Waals surface area contributed by atoms with Gasteiger partial charge in [0.15, 0.2) is 0 Å². The molecule has 0 radical (unpaired) electrons. The molecule has 0 spiro atoms. The van der Waals surface area contributed by atoms with Gasteiger partial charge in [0.2, 0.25) is 6.41 Å². The molecule has 1 amide bonds. The minimum absolute atomic E-state index is 0.438. The lowest BCUT2D eigenvalue weighted by atomic mass is 10.1. The highest BCUT2D eigenvalue weighted by Gasteiger charge is 2.11. The maximum absolute atomic E-state index is 10.7. The van der Waals surface area contributed by atoms with E-state index >= 15 is 0 Å². The number of thioether (sulfide) groups is 1. The number of aromatic nitrogens is 1. The Morgan fingerprint density at radius 2 is 2.12 bits per heavy atom. The highest BCUT2D eigenvalue weighted by atomic mass is 32.2.